The third-order valence-electron chi connectivity index (χ3n) is 6.65. The van der Waals surface area contributed by atoms with E-state index in [9.17, 15) is 0 Å². The lowest BCUT2D eigenvalue weighted by Crippen LogP contribution is -2.01. The van der Waals surface area contributed by atoms with Gasteiger partial charge in [-0.15, -0.1) is 0 Å². The second-order valence-corrected chi connectivity index (χ2v) is 9.21. The van der Waals surface area contributed by atoms with Crippen molar-refractivity contribution >= 4 is 11.0 Å². The summed E-state index contributed by atoms with van der Waals surface area (Å²) in [5.74, 6) is 2.76. The fraction of sp³-hybridized carbons (Fsp3) is 0. The number of imidazole rings is 1. The lowest BCUT2D eigenvalue weighted by atomic mass is 10.1. The Balaban J connectivity index is 1.41. The highest BCUT2D eigenvalue weighted by Crippen LogP contribution is 2.31. The second-order valence-electron chi connectivity index (χ2n) is 9.21. The van der Waals surface area contributed by atoms with E-state index in [0.717, 1.165) is 44.8 Å². The summed E-state index contributed by atoms with van der Waals surface area (Å²) in [4.78, 5) is 19.7. The number of para-hydroxylation sites is 3. The van der Waals surface area contributed by atoms with E-state index >= 15 is 0 Å². The topological polar surface area (TPSA) is 56.5 Å². The molecular weight excluding hydrogens is 478 g/mol. The first-order valence-corrected chi connectivity index (χ1v) is 12.8. The van der Waals surface area contributed by atoms with E-state index in [1.165, 1.54) is 0 Å². The Labute approximate surface area is 226 Å². The standard InChI is InChI=1S/C34H23N5/c1-4-13-24(14-5-1)31-36-32(25-15-6-2-7-16-25)38-33(37-31)26-17-12-18-27(23-26)34-35-29-21-10-11-22-30(29)39(34)28-19-8-3-9-20-28/h1-23H. The van der Waals surface area contributed by atoms with E-state index in [-0.39, 0.29) is 0 Å². The van der Waals surface area contributed by atoms with Gasteiger partial charge < -0.3 is 0 Å². The molecule has 5 heteroatoms. The Morgan fingerprint density at radius 1 is 0.385 bits per heavy atom. The van der Waals surface area contributed by atoms with Crippen LogP contribution in [-0.4, -0.2) is 24.5 Å². The summed E-state index contributed by atoms with van der Waals surface area (Å²) in [6, 6.07) is 46.9. The van der Waals surface area contributed by atoms with Gasteiger partial charge in [-0.2, -0.15) is 0 Å². The third-order valence-corrected chi connectivity index (χ3v) is 6.65. The number of rotatable bonds is 5. The zero-order valence-electron chi connectivity index (χ0n) is 21.0. The van der Waals surface area contributed by atoms with Crippen LogP contribution in [0.4, 0.5) is 0 Å². The van der Waals surface area contributed by atoms with Crippen LogP contribution in [0.5, 0.6) is 0 Å². The molecule has 0 aliphatic heterocycles. The quantitative estimate of drug-likeness (QED) is 0.241. The maximum absolute atomic E-state index is 5.03. The van der Waals surface area contributed by atoms with E-state index in [4.69, 9.17) is 19.9 Å². The number of nitrogens with zero attached hydrogens (tertiary/aromatic N) is 5. The van der Waals surface area contributed by atoms with Crippen molar-refractivity contribution in [2.75, 3.05) is 0 Å². The van der Waals surface area contributed by atoms with Crippen LogP contribution >= 0.6 is 0 Å². The molecule has 0 bridgehead atoms. The Morgan fingerprint density at radius 2 is 0.872 bits per heavy atom. The first-order chi connectivity index (χ1) is 19.3. The van der Waals surface area contributed by atoms with Gasteiger partial charge in [0.25, 0.3) is 0 Å². The van der Waals surface area contributed by atoms with Gasteiger partial charge in [-0.1, -0.05) is 109 Å². The van der Waals surface area contributed by atoms with Crippen LogP contribution in [0.1, 0.15) is 0 Å². The summed E-state index contributed by atoms with van der Waals surface area (Å²) in [6.07, 6.45) is 0. The van der Waals surface area contributed by atoms with Crippen LogP contribution < -0.4 is 0 Å². The Kier molecular flexibility index (Phi) is 5.72. The van der Waals surface area contributed by atoms with Crippen LogP contribution in [0.25, 0.3) is 62.3 Å². The van der Waals surface area contributed by atoms with E-state index in [1.807, 2.05) is 109 Å². The van der Waals surface area contributed by atoms with Crippen molar-refractivity contribution in [2.24, 2.45) is 0 Å². The molecule has 184 valence electrons. The van der Waals surface area contributed by atoms with Crippen molar-refractivity contribution in [3.63, 3.8) is 0 Å². The minimum atomic E-state index is 0.618. The number of hydrogen-bond donors (Lipinski definition) is 0. The SMILES string of the molecule is c1ccc(-c2nc(-c3ccccc3)nc(-c3cccc(-c4nc5ccccc5n4-c4ccccc4)c3)n2)cc1. The second kappa shape index (κ2) is 9.80. The molecule has 5 aromatic carbocycles. The van der Waals surface area contributed by atoms with E-state index in [2.05, 4.69) is 34.9 Å². The minimum absolute atomic E-state index is 0.618. The van der Waals surface area contributed by atoms with Crippen molar-refractivity contribution in [3.05, 3.63) is 140 Å². The molecule has 0 aliphatic rings. The van der Waals surface area contributed by atoms with Crippen molar-refractivity contribution in [3.8, 4) is 51.2 Å². The van der Waals surface area contributed by atoms with Gasteiger partial charge in [0.1, 0.15) is 5.82 Å². The number of fused-ring (bicyclic) bond motifs is 1. The summed E-state index contributed by atoms with van der Waals surface area (Å²) in [5, 5.41) is 0. The normalized spacial score (nSPS) is 11.1. The van der Waals surface area contributed by atoms with Crippen molar-refractivity contribution in [2.45, 2.75) is 0 Å². The molecule has 0 fully saturated rings. The first kappa shape index (κ1) is 22.8. The van der Waals surface area contributed by atoms with Gasteiger partial charge in [0.15, 0.2) is 17.5 Å². The molecule has 5 nitrogen and oxygen atoms in total. The lowest BCUT2D eigenvalue weighted by molar-refractivity contribution is 1.07. The predicted molar refractivity (Wildman–Crippen MR) is 156 cm³/mol. The zero-order chi connectivity index (χ0) is 26.0. The smallest absolute Gasteiger partial charge is 0.164 e. The summed E-state index contributed by atoms with van der Waals surface area (Å²) in [6.45, 7) is 0. The van der Waals surface area contributed by atoms with Gasteiger partial charge >= 0.3 is 0 Å². The van der Waals surface area contributed by atoms with Crippen molar-refractivity contribution < 1.29 is 0 Å². The summed E-state index contributed by atoms with van der Waals surface area (Å²) >= 11 is 0. The molecule has 0 spiro atoms. The largest absolute Gasteiger partial charge is 0.292 e. The molecule has 39 heavy (non-hydrogen) atoms. The molecule has 2 heterocycles. The summed E-state index contributed by atoms with van der Waals surface area (Å²) in [5.41, 5.74) is 6.83. The highest BCUT2D eigenvalue weighted by molar-refractivity contribution is 5.84. The molecule has 7 aromatic rings. The highest BCUT2D eigenvalue weighted by Gasteiger charge is 2.16. The molecule has 7 rings (SSSR count). The molecule has 0 saturated heterocycles. The Bertz CT molecular complexity index is 1840. The molecule has 0 aliphatic carbocycles. The van der Waals surface area contributed by atoms with Gasteiger partial charge in [-0.25, -0.2) is 19.9 Å². The van der Waals surface area contributed by atoms with Gasteiger partial charge in [-0.05, 0) is 30.3 Å². The summed E-state index contributed by atoms with van der Waals surface area (Å²) in [7, 11) is 0. The Morgan fingerprint density at radius 3 is 1.51 bits per heavy atom. The molecule has 0 atom stereocenters. The molecule has 0 unspecified atom stereocenters. The molecule has 0 N–H and O–H groups in total. The molecule has 0 radical (unpaired) electrons. The lowest BCUT2D eigenvalue weighted by Gasteiger charge is -2.11. The van der Waals surface area contributed by atoms with E-state index in [1.54, 1.807) is 0 Å². The number of benzene rings is 5. The maximum Gasteiger partial charge on any atom is 0.164 e. The van der Waals surface area contributed by atoms with E-state index in [0.29, 0.717) is 17.5 Å². The Hall–Kier alpha value is -5.42. The number of hydrogen-bond acceptors (Lipinski definition) is 4. The van der Waals surface area contributed by atoms with Gasteiger partial charge in [-0.3, -0.25) is 4.57 Å². The first-order valence-electron chi connectivity index (χ1n) is 12.8. The van der Waals surface area contributed by atoms with Crippen LogP contribution in [0.2, 0.25) is 0 Å². The maximum atomic E-state index is 5.03. The number of aromatic nitrogens is 5. The van der Waals surface area contributed by atoms with Crippen LogP contribution in [0.15, 0.2) is 140 Å². The zero-order valence-corrected chi connectivity index (χ0v) is 21.0. The van der Waals surface area contributed by atoms with Gasteiger partial charge in [0, 0.05) is 27.9 Å². The average molecular weight is 502 g/mol. The van der Waals surface area contributed by atoms with Crippen LogP contribution in [0.3, 0.4) is 0 Å². The van der Waals surface area contributed by atoms with Crippen molar-refractivity contribution in [1.82, 2.24) is 24.5 Å². The monoisotopic (exact) mass is 501 g/mol. The molecule has 0 saturated carbocycles. The molecular formula is C34H23N5. The van der Waals surface area contributed by atoms with Gasteiger partial charge in [0.05, 0.1) is 11.0 Å². The molecule has 0 amide bonds. The highest BCUT2D eigenvalue weighted by atomic mass is 15.1. The molecule has 2 aromatic heterocycles. The fourth-order valence-corrected chi connectivity index (χ4v) is 4.79. The summed E-state index contributed by atoms with van der Waals surface area (Å²) < 4.78 is 2.20. The van der Waals surface area contributed by atoms with Crippen molar-refractivity contribution in [1.29, 1.82) is 0 Å². The van der Waals surface area contributed by atoms with Crippen LogP contribution in [0, 0.1) is 0 Å². The minimum Gasteiger partial charge on any atom is -0.292 e. The third kappa shape index (κ3) is 4.36. The average Bonchev–Trinajstić information content (AvgIpc) is 3.42. The van der Waals surface area contributed by atoms with E-state index < -0.39 is 0 Å². The van der Waals surface area contributed by atoms with Crippen LogP contribution in [-0.2, 0) is 0 Å². The fourth-order valence-electron chi connectivity index (χ4n) is 4.79. The predicted octanol–water partition coefficient (Wildman–Crippen LogP) is 7.88. The van der Waals surface area contributed by atoms with Gasteiger partial charge in [0.2, 0.25) is 0 Å².